The van der Waals surface area contributed by atoms with Crippen LogP contribution < -0.4 is 0 Å². The smallest absolute Gasteiger partial charge is 0.266 e. The number of hydrogen-bond donors (Lipinski definition) is 0. The van der Waals surface area contributed by atoms with Crippen molar-refractivity contribution in [3.63, 3.8) is 0 Å². The van der Waals surface area contributed by atoms with Gasteiger partial charge in [-0.2, -0.15) is 5.11 Å². The molecule has 1 heterocycles. The average molecular weight is 84.1 g/mol. The summed E-state index contributed by atoms with van der Waals surface area (Å²) in [6.07, 6.45) is 0.514. The van der Waals surface area contributed by atoms with Crippen LogP contribution in [0.15, 0.2) is 10.2 Å². The maximum Gasteiger partial charge on any atom is 0.266 e. The van der Waals surface area contributed by atoms with Crippen LogP contribution in [0.4, 0.5) is 0 Å². The van der Waals surface area contributed by atoms with Crippen LogP contribution in [-0.2, 0) is 4.79 Å². The average Bonchev–Trinajstić information content (AvgIpc) is 1.86. The minimum atomic E-state index is -0.0880. The Morgan fingerprint density at radius 3 is 2.67 bits per heavy atom. The maximum atomic E-state index is 9.98. The highest BCUT2D eigenvalue weighted by molar-refractivity contribution is 5.77. The van der Waals surface area contributed by atoms with Gasteiger partial charge in [0.1, 0.15) is 0 Å². The van der Waals surface area contributed by atoms with Crippen molar-refractivity contribution in [3.8, 4) is 0 Å². The summed E-state index contributed by atoms with van der Waals surface area (Å²) in [5.74, 6) is -0.0880. The molecule has 0 saturated heterocycles. The lowest BCUT2D eigenvalue weighted by molar-refractivity contribution is -0.117. The molecule has 0 radical (unpaired) electrons. The predicted molar refractivity (Wildman–Crippen MR) is 19.3 cm³/mol. The van der Waals surface area contributed by atoms with Crippen molar-refractivity contribution < 1.29 is 4.79 Å². The molecule has 32 valence electrons. The SMILES string of the molecule is O=C1CCN=N1. The summed E-state index contributed by atoms with van der Waals surface area (Å²) >= 11 is 0. The highest BCUT2D eigenvalue weighted by Gasteiger charge is 2.02. The number of hydrogen-bond acceptors (Lipinski definition) is 2. The molecule has 6 heavy (non-hydrogen) atoms. The first-order valence-corrected chi connectivity index (χ1v) is 1.80. The summed E-state index contributed by atoms with van der Waals surface area (Å²) in [6.45, 7) is 0.596. The molecule has 1 amide bonds. The summed E-state index contributed by atoms with van der Waals surface area (Å²) in [4.78, 5) is 9.98. The summed E-state index contributed by atoms with van der Waals surface area (Å²) < 4.78 is 0. The normalized spacial score (nSPS) is 19.7. The van der Waals surface area contributed by atoms with E-state index in [1.807, 2.05) is 0 Å². The summed E-state index contributed by atoms with van der Waals surface area (Å²) in [7, 11) is 0. The van der Waals surface area contributed by atoms with Gasteiger partial charge in [0.05, 0.1) is 13.0 Å². The summed E-state index contributed by atoms with van der Waals surface area (Å²) in [5, 5.41) is 6.66. The van der Waals surface area contributed by atoms with E-state index in [4.69, 9.17) is 0 Å². The van der Waals surface area contributed by atoms with E-state index in [0.29, 0.717) is 13.0 Å². The Hall–Kier alpha value is -0.730. The first kappa shape index (κ1) is 3.46. The molecule has 3 nitrogen and oxygen atoms in total. The fourth-order valence-electron chi connectivity index (χ4n) is 0.325. The highest BCUT2D eigenvalue weighted by atomic mass is 16.2. The van der Waals surface area contributed by atoms with E-state index < -0.39 is 0 Å². The quantitative estimate of drug-likeness (QED) is 0.418. The molecule has 0 aromatic rings. The minimum Gasteiger partial charge on any atom is -0.271 e. The lowest BCUT2D eigenvalue weighted by atomic mass is 10.4. The van der Waals surface area contributed by atoms with Crippen molar-refractivity contribution >= 4 is 5.91 Å². The molecule has 0 unspecified atom stereocenters. The minimum absolute atomic E-state index is 0.0880. The molecule has 0 aromatic heterocycles. The number of nitrogens with zero attached hydrogens (tertiary/aromatic N) is 2. The van der Waals surface area contributed by atoms with Gasteiger partial charge in [0.2, 0.25) is 0 Å². The van der Waals surface area contributed by atoms with Crippen LogP contribution in [0.3, 0.4) is 0 Å². The van der Waals surface area contributed by atoms with Gasteiger partial charge in [0.25, 0.3) is 5.91 Å². The van der Waals surface area contributed by atoms with E-state index in [0.717, 1.165) is 0 Å². The van der Waals surface area contributed by atoms with Gasteiger partial charge in [-0.1, -0.05) is 0 Å². The number of carbonyl (C=O) groups is 1. The largest absolute Gasteiger partial charge is 0.271 e. The second-order valence-electron chi connectivity index (χ2n) is 1.11. The monoisotopic (exact) mass is 84.0 g/mol. The van der Waals surface area contributed by atoms with E-state index in [9.17, 15) is 4.79 Å². The molecule has 0 atom stereocenters. The van der Waals surface area contributed by atoms with Crippen molar-refractivity contribution in [2.75, 3.05) is 6.54 Å². The zero-order valence-electron chi connectivity index (χ0n) is 3.22. The van der Waals surface area contributed by atoms with Gasteiger partial charge in [-0.05, 0) is 0 Å². The molecule has 0 fully saturated rings. The molecular formula is C3H4N2O. The Kier molecular flexibility index (Phi) is 0.670. The Balaban J connectivity index is 2.59. The summed E-state index contributed by atoms with van der Waals surface area (Å²) in [6, 6.07) is 0. The van der Waals surface area contributed by atoms with Gasteiger partial charge >= 0.3 is 0 Å². The van der Waals surface area contributed by atoms with Crippen molar-refractivity contribution in [2.24, 2.45) is 10.2 Å². The third-order valence-electron chi connectivity index (χ3n) is 0.608. The van der Waals surface area contributed by atoms with E-state index in [2.05, 4.69) is 10.2 Å². The van der Waals surface area contributed by atoms with Gasteiger partial charge < -0.3 is 0 Å². The topological polar surface area (TPSA) is 41.8 Å². The van der Waals surface area contributed by atoms with Gasteiger partial charge in [-0.3, -0.25) is 4.79 Å². The molecule has 1 aliphatic heterocycles. The number of azo groups is 1. The second kappa shape index (κ2) is 1.16. The predicted octanol–water partition coefficient (Wildman–Crippen LogP) is 0.369. The van der Waals surface area contributed by atoms with Crippen LogP contribution in [0.25, 0.3) is 0 Å². The van der Waals surface area contributed by atoms with Crippen LogP contribution in [0, 0.1) is 0 Å². The highest BCUT2D eigenvalue weighted by Crippen LogP contribution is 1.95. The zero-order valence-corrected chi connectivity index (χ0v) is 3.22. The number of carbonyl (C=O) groups excluding carboxylic acids is 1. The molecule has 0 aromatic carbocycles. The van der Waals surface area contributed by atoms with Crippen molar-refractivity contribution in [3.05, 3.63) is 0 Å². The Bertz CT molecular complexity index is 97.0. The molecule has 3 heteroatoms. The standard InChI is InChI=1S/C3H4N2O/c6-3-1-2-4-5-3/h1-2H2. The van der Waals surface area contributed by atoms with Gasteiger partial charge in [-0.25, -0.2) is 0 Å². The molecule has 0 aliphatic carbocycles. The van der Waals surface area contributed by atoms with E-state index in [1.165, 1.54) is 0 Å². The van der Waals surface area contributed by atoms with E-state index >= 15 is 0 Å². The van der Waals surface area contributed by atoms with Crippen LogP contribution in [0.2, 0.25) is 0 Å². The fraction of sp³-hybridized carbons (Fsp3) is 0.667. The fourth-order valence-corrected chi connectivity index (χ4v) is 0.325. The van der Waals surface area contributed by atoms with Gasteiger partial charge in [0, 0.05) is 0 Å². The lowest BCUT2D eigenvalue weighted by Gasteiger charge is -1.65. The number of amides is 1. The second-order valence-corrected chi connectivity index (χ2v) is 1.11. The van der Waals surface area contributed by atoms with Crippen molar-refractivity contribution in [2.45, 2.75) is 6.42 Å². The van der Waals surface area contributed by atoms with Crippen LogP contribution >= 0.6 is 0 Å². The summed E-state index contributed by atoms with van der Waals surface area (Å²) in [5.41, 5.74) is 0. The zero-order chi connectivity index (χ0) is 4.41. The van der Waals surface area contributed by atoms with Gasteiger partial charge in [-0.15, -0.1) is 5.11 Å². The van der Waals surface area contributed by atoms with Crippen LogP contribution in [-0.4, -0.2) is 12.5 Å². The first-order valence-electron chi connectivity index (χ1n) is 1.80. The Morgan fingerprint density at radius 2 is 2.50 bits per heavy atom. The Morgan fingerprint density at radius 1 is 1.67 bits per heavy atom. The molecule has 0 spiro atoms. The molecule has 1 aliphatic rings. The van der Waals surface area contributed by atoms with Crippen molar-refractivity contribution in [1.82, 2.24) is 0 Å². The third kappa shape index (κ3) is 0.429. The molecule has 0 bridgehead atoms. The third-order valence-corrected chi connectivity index (χ3v) is 0.608. The Labute approximate surface area is 35.1 Å². The van der Waals surface area contributed by atoms with Crippen LogP contribution in [0.1, 0.15) is 6.42 Å². The molecule has 0 saturated carbocycles. The maximum absolute atomic E-state index is 9.98. The molecule has 0 N–H and O–H groups in total. The number of rotatable bonds is 0. The van der Waals surface area contributed by atoms with E-state index in [-0.39, 0.29) is 5.91 Å². The van der Waals surface area contributed by atoms with Crippen LogP contribution in [0.5, 0.6) is 0 Å². The van der Waals surface area contributed by atoms with Gasteiger partial charge in [0.15, 0.2) is 0 Å². The molecule has 1 rings (SSSR count). The molecular weight excluding hydrogens is 80.0 g/mol. The van der Waals surface area contributed by atoms with E-state index in [1.54, 1.807) is 0 Å². The van der Waals surface area contributed by atoms with Crippen molar-refractivity contribution in [1.29, 1.82) is 0 Å². The first-order chi connectivity index (χ1) is 2.89. The lowest BCUT2D eigenvalue weighted by Crippen LogP contribution is -1.83.